The number of rotatable bonds is 8. The molecule has 0 radical (unpaired) electrons. The highest BCUT2D eigenvalue weighted by Crippen LogP contribution is 2.47. The number of nitrogens with zero attached hydrogens (tertiary/aromatic N) is 17. The molecule has 1 aliphatic heterocycles. The highest BCUT2D eigenvalue weighted by Gasteiger charge is 2.30. The number of hydrogen-bond acceptors (Lipinski definition) is 17. The van der Waals surface area contributed by atoms with Crippen LogP contribution in [0.4, 0.5) is 5.69 Å². The molecule has 0 spiro atoms. The zero-order valence-corrected chi connectivity index (χ0v) is 74.4. The molecule has 17 heterocycles. The zero-order valence-electron chi connectivity index (χ0n) is 74.4. The molecule has 0 amide bonds. The zero-order chi connectivity index (χ0) is 88.6. The maximum Gasteiger partial charge on any atom is 0.0954 e. The quantitative estimate of drug-likeness (QED) is 0.0700. The van der Waals surface area contributed by atoms with E-state index < -0.39 is 0 Å². The normalized spacial score (nSPS) is 14.6. The van der Waals surface area contributed by atoms with Crippen molar-refractivity contribution in [3.63, 3.8) is 0 Å². The first-order chi connectivity index (χ1) is 65.7. The largest absolute Gasteiger partial charge is 0.370 e. The average molecular weight is 1750 g/mol. The second-order valence-electron chi connectivity index (χ2n) is 36.3. The van der Waals surface area contributed by atoms with Crippen molar-refractivity contribution < 1.29 is 0 Å². The molecule has 28 rings (SSSR count). The van der Waals surface area contributed by atoms with E-state index in [1.54, 1.807) is 6.20 Å². The van der Waals surface area contributed by atoms with Gasteiger partial charge in [-0.2, -0.15) is 40.8 Å². The highest BCUT2D eigenvalue weighted by molar-refractivity contribution is 6.16. The van der Waals surface area contributed by atoms with Gasteiger partial charge in [0.15, 0.2) is 0 Å². The van der Waals surface area contributed by atoms with Crippen molar-refractivity contribution >= 4 is 136 Å². The molecule has 25 nitrogen and oxygen atoms in total. The van der Waals surface area contributed by atoms with Gasteiger partial charge in [-0.25, -0.2) is 24.9 Å². The Balaban J connectivity index is 0.0000000916. The van der Waals surface area contributed by atoms with Crippen LogP contribution >= 0.6 is 0 Å². The molecule has 2 fully saturated rings. The van der Waals surface area contributed by atoms with Crippen LogP contribution in [0.1, 0.15) is 152 Å². The topological polar surface area (TPSA) is 336 Å². The third-order valence-electron chi connectivity index (χ3n) is 28.4. The number of piperidine rings is 1. The Morgan fingerprint density at radius 3 is 1.36 bits per heavy atom. The molecule has 16 aromatic heterocycles. The summed E-state index contributed by atoms with van der Waals surface area (Å²) in [6, 6.07) is 48.2. The SMILES string of the molecule is Cc1[nH]ncc1-c1cc(-c2ccccn2)c2c(ccc3[nH]ncc32)n1.Cc1[nH]ncc1-c1cc(C2CCCCC2)c2c(ccc3[nH]ncc32)n1.Cc1[nH]ncc1-c1nc2c(N3CCCCC3)cc3[nH]ncc3c2c2c1CCCC2.c1ccc2c(-c3nc4ccc5[nH]ncc5c4c4c3CCCC4)cncc2c1.c1cnc2ccc(-c3nc4ccc5[nH]ncc5c4c4c3CCCC4)cc2c1. The van der Waals surface area contributed by atoms with E-state index in [1.807, 2.05) is 118 Å². The summed E-state index contributed by atoms with van der Waals surface area (Å²) in [5.41, 5.74) is 38.7. The fourth-order valence-electron chi connectivity index (χ4n) is 21.9. The number of fused-ring (bicyclic) bond motifs is 23. The van der Waals surface area contributed by atoms with Crippen molar-refractivity contribution in [2.24, 2.45) is 0 Å². The van der Waals surface area contributed by atoms with Crippen LogP contribution in [-0.2, 0) is 38.5 Å². The molecule has 0 unspecified atom stereocenters. The van der Waals surface area contributed by atoms with Crippen molar-refractivity contribution in [3.8, 4) is 67.5 Å². The lowest BCUT2D eigenvalue weighted by Crippen LogP contribution is -2.29. The number of benzene rings is 7. The molecule has 7 aromatic carbocycles. The molecule has 5 aliphatic rings. The first kappa shape index (κ1) is 80.6. The van der Waals surface area contributed by atoms with E-state index in [0.717, 1.165) is 213 Å². The molecule has 0 atom stereocenters. The van der Waals surface area contributed by atoms with E-state index in [1.165, 1.54) is 189 Å². The summed E-state index contributed by atoms with van der Waals surface area (Å²) in [5.74, 6) is 0.603. The average Bonchev–Trinajstić information content (AvgIpc) is 1.71. The monoisotopic (exact) mass is 1740 g/mol. The molecule has 4 aliphatic carbocycles. The Kier molecular flexibility index (Phi) is 20.8. The fraction of sp³-hybridized carbons (Fsp3) is 0.241. The highest BCUT2D eigenvalue weighted by atomic mass is 15.2. The summed E-state index contributed by atoms with van der Waals surface area (Å²) in [6.07, 6.45) is 47.1. The molecule has 654 valence electrons. The van der Waals surface area contributed by atoms with Crippen molar-refractivity contribution in [3.05, 3.63) is 270 Å². The van der Waals surface area contributed by atoms with Crippen molar-refractivity contribution in [2.45, 2.75) is 155 Å². The summed E-state index contributed by atoms with van der Waals surface area (Å²) < 4.78 is 0. The number of aromatic nitrogens is 24. The lowest BCUT2D eigenvalue weighted by Gasteiger charge is -2.31. The number of nitrogens with one attached hydrogen (secondary N) is 8. The second-order valence-corrected chi connectivity index (χ2v) is 36.3. The minimum absolute atomic E-state index is 0.603. The minimum Gasteiger partial charge on any atom is -0.370 e. The van der Waals surface area contributed by atoms with E-state index in [0.29, 0.717) is 5.92 Å². The van der Waals surface area contributed by atoms with Crippen LogP contribution in [0.15, 0.2) is 214 Å². The van der Waals surface area contributed by atoms with Crippen LogP contribution in [0.3, 0.4) is 0 Å². The van der Waals surface area contributed by atoms with Gasteiger partial charge < -0.3 is 4.90 Å². The van der Waals surface area contributed by atoms with Gasteiger partial charge in [-0.1, -0.05) is 61.7 Å². The van der Waals surface area contributed by atoms with Gasteiger partial charge in [0.1, 0.15) is 0 Å². The summed E-state index contributed by atoms with van der Waals surface area (Å²) in [4.78, 5) is 41.5. The lowest BCUT2D eigenvalue weighted by atomic mass is 9.81. The van der Waals surface area contributed by atoms with E-state index in [-0.39, 0.29) is 0 Å². The van der Waals surface area contributed by atoms with Crippen LogP contribution in [0.2, 0.25) is 0 Å². The summed E-state index contributed by atoms with van der Waals surface area (Å²) >= 11 is 0. The Labute approximate surface area is 763 Å². The standard InChI is InChI=1S/C23H26N6.2C23H18N4.C20H21N5.C19H14N6/c1-14-17(12-24-27-14)22-16-8-4-3-7-15(16)21-18-13-25-28-19(18)11-20(23(21)26-22)29-9-5-2-6-10-29;1-2-6-17-16(5-1)22-18-13-25-27-20(18)9-10-21(22)26-23(17)15-7-8-19-14(12-15)4-3-11-24-19;1-2-6-15-14(5-1)11-24-12-18(15)23-17-8-4-3-7-16(17)22-19-13-25-27-20(19)9-10-21(22)26-23;1-12-15(10-21-24-12)19-9-14(13-5-3-2-4-6-13)20-16-11-22-25-17(16)7-8-18(20)23-19;1-11-13(9-21-24-11)18-8-12(15-4-2-3-7-20-15)19-14-10-22-25-16(14)5-6-17(19)23-18/h11-13H,2-10H2,1H3,(H,24,27)(H,25,28);3-4,7-13H,1-2,5-6H2,(H,25,27);1-2,5-6,9-13H,3-4,7-8H2,(H,25,27);7-11,13H,2-6H2,1H3,(H,21,24)(H,22,25);2-10H,1H3,(H,21,24)(H,22,25). The third kappa shape index (κ3) is 14.6. The van der Waals surface area contributed by atoms with E-state index >= 15 is 0 Å². The molecular formula is C108H97N25. The summed E-state index contributed by atoms with van der Waals surface area (Å²) in [5, 5.41) is 74.1. The maximum atomic E-state index is 5.35. The summed E-state index contributed by atoms with van der Waals surface area (Å²) in [7, 11) is 0. The van der Waals surface area contributed by atoms with E-state index in [4.69, 9.17) is 24.9 Å². The molecular weight excluding hydrogens is 1650 g/mol. The number of pyridine rings is 8. The van der Waals surface area contributed by atoms with Gasteiger partial charge in [0.2, 0.25) is 0 Å². The van der Waals surface area contributed by atoms with Crippen molar-refractivity contribution in [1.82, 2.24) is 121 Å². The number of hydrogen-bond donors (Lipinski definition) is 8. The van der Waals surface area contributed by atoms with Gasteiger partial charge in [0.05, 0.1) is 150 Å². The number of aryl methyl sites for hydroxylation is 6. The van der Waals surface area contributed by atoms with Crippen LogP contribution in [0, 0.1) is 20.8 Å². The first-order valence-electron chi connectivity index (χ1n) is 47.0. The fourth-order valence-corrected chi connectivity index (χ4v) is 21.9. The number of aromatic amines is 8. The van der Waals surface area contributed by atoms with Crippen LogP contribution < -0.4 is 4.90 Å². The smallest absolute Gasteiger partial charge is 0.0954 e. The molecule has 25 heteroatoms. The molecule has 1 saturated heterocycles. The van der Waals surface area contributed by atoms with Crippen molar-refractivity contribution in [2.75, 3.05) is 18.0 Å². The Hall–Kier alpha value is -15.7. The third-order valence-corrected chi connectivity index (χ3v) is 28.4. The maximum absolute atomic E-state index is 5.35. The van der Waals surface area contributed by atoms with E-state index in [2.05, 4.69) is 211 Å². The minimum atomic E-state index is 0.603. The van der Waals surface area contributed by atoms with E-state index in [9.17, 15) is 0 Å². The molecule has 133 heavy (non-hydrogen) atoms. The Morgan fingerprint density at radius 2 is 0.767 bits per heavy atom. The molecule has 1 saturated carbocycles. The first-order valence-corrected chi connectivity index (χ1v) is 47.0. The van der Waals surface area contributed by atoms with Gasteiger partial charge in [-0.05, 0) is 277 Å². The molecule has 23 aromatic rings. The van der Waals surface area contributed by atoms with Gasteiger partial charge in [0.25, 0.3) is 0 Å². The van der Waals surface area contributed by atoms with Crippen LogP contribution in [0.5, 0.6) is 0 Å². The van der Waals surface area contributed by atoms with Crippen molar-refractivity contribution in [1.29, 1.82) is 0 Å². The number of H-pyrrole nitrogens is 8. The Bertz CT molecular complexity index is 8380. The Morgan fingerprint density at radius 1 is 0.293 bits per heavy atom. The van der Waals surface area contributed by atoms with Gasteiger partial charge >= 0.3 is 0 Å². The molecule has 8 N–H and O–H groups in total. The number of anilines is 1. The van der Waals surface area contributed by atoms with Crippen LogP contribution in [0.25, 0.3) is 198 Å². The predicted octanol–water partition coefficient (Wildman–Crippen LogP) is 23.8. The van der Waals surface area contributed by atoms with Crippen LogP contribution in [-0.4, -0.2) is 135 Å². The van der Waals surface area contributed by atoms with Gasteiger partial charge in [0, 0.05) is 153 Å². The second kappa shape index (κ2) is 34.3. The lowest BCUT2D eigenvalue weighted by molar-refractivity contribution is 0.445. The van der Waals surface area contributed by atoms with Gasteiger partial charge in [-0.3, -0.25) is 55.7 Å². The predicted molar refractivity (Wildman–Crippen MR) is 530 cm³/mol. The molecule has 0 bridgehead atoms. The van der Waals surface area contributed by atoms with Gasteiger partial charge in [-0.15, -0.1) is 0 Å². The summed E-state index contributed by atoms with van der Waals surface area (Å²) in [6.45, 7) is 8.34.